The lowest BCUT2D eigenvalue weighted by Gasteiger charge is -2.26. The van der Waals surface area contributed by atoms with Crippen molar-refractivity contribution in [3.8, 4) is 0 Å². The largest absolute Gasteiger partial charge is 0.466 e. The highest BCUT2D eigenvalue weighted by molar-refractivity contribution is 5.70. The molecule has 1 aliphatic heterocycles. The van der Waals surface area contributed by atoms with Crippen LogP contribution in [0.25, 0.3) is 0 Å². The van der Waals surface area contributed by atoms with Gasteiger partial charge < -0.3 is 18.9 Å². The van der Waals surface area contributed by atoms with Crippen LogP contribution in [0.3, 0.4) is 0 Å². The van der Waals surface area contributed by atoms with Crippen LogP contribution in [0, 0.1) is 0 Å². The highest BCUT2D eigenvalue weighted by atomic mass is 16.7. The second-order valence-corrected chi connectivity index (χ2v) is 5.72. The van der Waals surface area contributed by atoms with Crippen LogP contribution in [0.5, 0.6) is 0 Å². The Morgan fingerprint density at radius 1 is 1.09 bits per heavy atom. The topological polar surface area (TPSA) is 71.1 Å². The fraction of sp³-hybridized carbons (Fsp3) is 0.875. The number of rotatable bonds is 10. The predicted octanol–water partition coefficient (Wildman–Crippen LogP) is 2.58. The summed E-state index contributed by atoms with van der Waals surface area (Å²) in [7, 11) is 0. The predicted molar refractivity (Wildman–Crippen MR) is 80.2 cm³/mol. The molecule has 0 bridgehead atoms. The number of hydrogen-bond donors (Lipinski definition) is 0. The SMILES string of the molecule is CCCCOC(=O)CCC1(CCC(=O)OC(C)C)OCCO1. The zero-order valence-electron chi connectivity index (χ0n) is 13.9. The van der Waals surface area contributed by atoms with E-state index >= 15 is 0 Å². The van der Waals surface area contributed by atoms with E-state index in [9.17, 15) is 9.59 Å². The van der Waals surface area contributed by atoms with Gasteiger partial charge in [0.25, 0.3) is 0 Å². The Kier molecular flexibility index (Phi) is 8.42. The Bertz CT molecular complexity index is 347. The number of carbonyl (C=O) groups is 2. The summed E-state index contributed by atoms with van der Waals surface area (Å²) >= 11 is 0. The van der Waals surface area contributed by atoms with Crippen LogP contribution < -0.4 is 0 Å². The minimum absolute atomic E-state index is 0.137. The molecule has 0 amide bonds. The van der Waals surface area contributed by atoms with E-state index < -0.39 is 5.79 Å². The van der Waals surface area contributed by atoms with Gasteiger partial charge in [0.2, 0.25) is 0 Å². The van der Waals surface area contributed by atoms with E-state index in [4.69, 9.17) is 18.9 Å². The van der Waals surface area contributed by atoms with Crippen molar-refractivity contribution in [2.45, 2.75) is 71.2 Å². The van der Waals surface area contributed by atoms with E-state index in [1.165, 1.54) is 0 Å². The third-order valence-electron chi connectivity index (χ3n) is 3.36. The molecule has 22 heavy (non-hydrogen) atoms. The van der Waals surface area contributed by atoms with Gasteiger partial charge in [0, 0.05) is 12.8 Å². The molecule has 1 fully saturated rings. The smallest absolute Gasteiger partial charge is 0.306 e. The lowest BCUT2D eigenvalue weighted by atomic mass is 10.0. The van der Waals surface area contributed by atoms with Crippen LogP contribution in [0.1, 0.15) is 59.3 Å². The number of ether oxygens (including phenoxy) is 4. The molecular formula is C16H28O6. The first kappa shape index (κ1) is 18.9. The fourth-order valence-electron chi connectivity index (χ4n) is 2.22. The van der Waals surface area contributed by atoms with Crippen LogP contribution in [0.15, 0.2) is 0 Å². The van der Waals surface area contributed by atoms with Crippen molar-refractivity contribution in [1.82, 2.24) is 0 Å². The third-order valence-corrected chi connectivity index (χ3v) is 3.36. The molecule has 6 heteroatoms. The highest BCUT2D eigenvalue weighted by Gasteiger charge is 2.37. The number of unbranched alkanes of at least 4 members (excludes halogenated alkanes) is 1. The van der Waals surface area contributed by atoms with Gasteiger partial charge in [-0.2, -0.15) is 0 Å². The van der Waals surface area contributed by atoms with E-state index in [0.717, 1.165) is 12.8 Å². The van der Waals surface area contributed by atoms with Crippen molar-refractivity contribution >= 4 is 11.9 Å². The summed E-state index contributed by atoms with van der Waals surface area (Å²) < 4.78 is 21.5. The number of carbonyl (C=O) groups excluding carboxylic acids is 2. The quantitative estimate of drug-likeness (QED) is 0.456. The van der Waals surface area contributed by atoms with Gasteiger partial charge in [-0.25, -0.2) is 0 Å². The van der Waals surface area contributed by atoms with Crippen LogP contribution in [-0.2, 0) is 28.5 Å². The molecule has 0 N–H and O–H groups in total. The fourth-order valence-corrected chi connectivity index (χ4v) is 2.22. The van der Waals surface area contributed by atoms with Crippen molar-refractivity contribution in [3.05, 3.63) is 0 Å². The molecule has 128 valence electrons. The van der Waals surface area contributed by atoms with E-state index in [2.05, 4.69) is 0 Å². The third kappa shape index (κ3) is 7.22. The summed E-state index contributed by atoms with van der Waals surface area (Å²) in [6.07, 6.45) is 2.94. The average molecular weight is 316 g/mol. The lowest BCUT2D eigenvalue weighted by molar-refractivity contribution is -0.179. The van der Waals surface area contributed by atoms with Gasteiger partial charge in [0.1, 0.15) is 0 Å². The summed E-state index contributed by atoms with van der Waals surface area (Å²) in [5, 5.41) is 0. The summed E-state index contributed by atoms with van der Waals surface area (Å²) in [4.78, 5) is 23.3. The second kappa shape index (κ2) is 9.79. The summed E-state index contributed by atoms with van der Waals surface area (Å²) in [6.45, 7) is 7.06. The zero-order valence-corrected chi connectivity index (χ0v) is 13.9. The monoisotopic (exact) mass is 316 g/mol. The molecule has 0 aliphatic carbocycles. The molecule has 0 aromatic heterocycles. The van der Waals surface area contributed by atoms with E-state index in [-0.39, 0.29) is 30.9 Å². The molecule has 1 heterocycles. The lowest BCUT2D eigenvalue weighted by Crippen LogP contribution is -2.32. The molecule has 0 aromatic rings. The van der Waals surface area contributed by atoms with E-state index in [0.29, 0.717) is 32.7 Å². The van der Waals surface area contributed by atoms with Crippen LogP contribution in [0.2, 0.25) is 0 Å². The maximum atomic E-state index is 11.7. The summed E-state index contributed by atoms with van der Waals surface area (Å²) in [5.41, 5.74) is 0. The molecule has 1 rings (SSSR count). The summed E-state index contributed by atoms with van der Waals surface area (Å²) in [6, 6.07) is 0. The normalized spacial score (nSPS) is 16.7. The highest BCUT2D eigenvalue weighted by Crippen LogP contribution is 2.30. The van der Waals surface area contributed by atoms with Crippen molar-refractivity contribution < 1.29 is 28.5 Å². The Morgan fingerprint density at radius 2 is 1.68 bits per heavy atom. The first-order valence-electron chi connectivity index (χ1n) is 8.10. The maximum absolute atomic E-state index is 11.7. The molecule has 0 spiro atoms. The average Bonchev–Trinajstić information content (AvgIpc) is 2.92. The van der Waals surface area contributed by atoms with Crippen molar-refractivity contribution in [1.29, 1.82) is 0 Å². The number of esters is 2. The van der Waals surface area contributed by atoms with Crippen molar-refractivity contribution in [3.63, 3.8) is 0 Å². The van der Waals surface area contributed by atoms with E-state index in [1.807, 2.05) is 20.8 Å². The maximum Gasteiger partial charge on any atom is 0.306 e. The standard InChI is InChI=1S/C16H28O6/c1-4-5-10-19-14(17)6-8-16(20-11-12-21-16)9-7-15(18)22-13(2)3/h13H,4-12H2,1-3H3. The molecule has 0 radical (unpaired) electrons. The van der Waals surface area contributed by atoms with Gasteiger partial charge in [0.15, 0.2) is 5.79 Å². The molecule has 6 nitrogen and oxygen atoms in total. The van der Waals surface area contributed by atoms with Gasteiger partial charge in [0.05, 0.1) is 38.8 Å². The van der Waals surface area contributed by atoms with Crippen LogP contribution >= 0.6 is 0 Å². The Balaban J connectivity index is 2.36. The molecule has 0 atom stereocenters. The minimum atomic E-state index is -0.861. The van der Waals surface area contributed by atoms with Crippen LogP contribution in [-0.4, -0.2) is 43.7 Å². The minimum Gasteiger partial charge on any atom is -0.466 e. The Labute approximate surface area is 132 Å². The van der Waals surface area contributed by atoms with Gasteiger partial charge in [-0.15, -0.1) is 0 Å². The zero-order chi connectivity index (χ0) is 16.4. The molecule has 0 aromatic carbocycles. The van der Waals surface area contributed by atoms with Crippen molar-refractivity contribution in [2.75, 3.05) is 19.8 Å². The summed E-state index contributed by atoms with van der Waals surface area (Å²) in [5.74, 6) is -1.39. The van der Waals surface area contributed by atoms with E-state index in [1.54, 1.807) is 0 Å². The van der Waals surface area contributed by atoms with Gasteiger partial charge >= 0.3 is 11.9 Å². The molecular weight excluding hydrogens is 288 g/mol. The van der Waals surface area contributed by atoms with Gasteiger partial charge in [-0.1, -0.05) is 13.3 Å². The molecule has 0 unspecified atom stereocenters. The number of hydrogen-bond acceptors (Lipinski definition) is 6. The first-order chi connectivity index (χ1) is 10.5. The van der Waals surface area contributed by atoms with Gasteiger partial charge in [-0.3, -0.25) is 9.59 Å². The van der Waals surface area contributed by atoms with Crippen molar-refractivity contribution in [2.24, 2.45) is 0 Å². The molecule has 1 aliphatic rings. The first-order valence-corrected chi connectivity index (χ1v) is 8.10. The Morgan fingerprint density at radius 3 is 2.23 bits per heavy atom. The molecule has 1 saturated heterocycles. The van der Waals surface area contributed by atoms with Crippen LogP contribution in [0.4, 0.5) is 0 Å². The Hall–Kier alpha value is -1.14. The second-order valence-electron chi connectivity index (χ2n) is 5.72. The molecule has 0 saturated carbocycles. The van der Waals surface area contributed by atoms with Gasteiger partial charge in [-0.05, 0) is 20.3 Å².